The summed E-state index contributed by atoms with van der Waals surface area (Å²) < 4.78 is 50.0. The number of hydrogen-bond acceptors (Lipinski definition) is 2. The first-order valence-electron chi connectivity index (χ1n) is 8.63. The fourth-order valence-electron chi connectivity index (χ4n) is 1.16. The minimum absolute atomic E-state index is 0. The van der Waals surface area contributed by atoms with Gasteiger partial charge in [0.2, 0.25) is 5.91 Å². The van der Waals surface area contributed by atoms with E-state index in [1.165, 1.54) is 0 Å². The van der Waals surface area contributed by atoms with Crippen molar-refractivity contribution >= 4 is 5.91 Å². The van der Waals surface area contributed by atoms with Crippen molar-refractivity contribution in [3.8, 4) is 0 Å². The van der Waals surface area contributed by atoms with Gasteiger partial charge in [-0.1, -0.05) is 5.11 Å². The van der Waals surface area contributed by atoms with Crippen LogP contribution >= 0.6 is 0 Å². The third kappa shape index (κ3) is 2.13. The van der Waals surface area contributed by atoms with Crippen LogP contribution in [0.2, 0.25) is 0 Å². The van der Waals surface area contributed by atoms with Gasteiger partial charge >= 0.3 is 0 Å². The van der Waals surface area contributed by atoms with E-state index in [0.29, 0.717) is 0 Å². The van der Waals surface area contributed by atoms with E-state index in [2.05, 4.69) is 10.0 Å². The van der Waals surface area contributed by atoms with E-state index in [1.54, 1.807) is 4.90 Å². The average molecular weight is 177 g/mol. The van der Waals surface area contributed by atoms with Crippen LogP contribution in [-0.2, 0) is 4.79 Å². The summed E-state index contributed by atoms with van der Waals surface area (Å²) in [5.41, 5.74) is 7.95. The van der Waals surface area contributed by atoms with Gasteiger partial charge in [0.25, 0.3) is 0 Å². The van der Waals surface area contributed by atoms with Gasteiger partial charge in [0.1, 0.15) is 6.54 Å². The first-order valence-corrected chi connectivity index (χ1v) is 3.63. The van der Waals surface area contributed by atoms with Gasteiger partial charge in [-0.15, -0.1) is 0 Å². The zero-order valence-corrected chi connectivity index (χ0v) is 6.23. The Hall–Kier alpha value is -1.22. The maximum absolute atomic E-state index is 11.1. The molecule has 5 nitrogen and oxygen atoms in total. The first kappa shape index (κ1) is 3.45. The molecule has 72 valence electrons. The lowest BCUT2D eigenvalue weighted by atomic mass is 10.4. The number of hydrogen-bond donors (Lipinski definition) is 0. The van der Waals surface area contributed by atoms with Crippen LogP contribution < -0.4 is 0 Å². The topological polar surface area (TPSA) is 69.1 Å². The smallest absolute Gasteiger partial charge is 0.228 e. The molecule has 1 amide bonds. The number of likely N-dealkylation sites (tertiary alicyclic amines) is 1. The van der Waals surface area contributed by atoms with Crippen molar-refractivity contribution in [1.82, 2.24) is 4.90 Å². The maximum Gasteiger partial charge on any atom is 0.228 e. The van der Waals surface area contributed by atoms with Crippen LogP contribution in [0.15, 0.2) is 5.11 Å². The molecule has 1 aliphatic rings. The van der Waals surface area contributed by atoms with Gasteiger partial charge < -0.3 is 4.90 Å². The minimum Gasteiger partial charge on any atom is -0.343 e. The van der Waals surface area contributed by atoms with E-state index in [1.807, 2.05) is 0 Å². The molecule has 0 aromatic rings. The highest BCUT2D eigenvalue weighted by atomic mass is 16.2. The van der Waals surface area contributed by atoms with Crippen molar-refractivity contribution in [3.63, 3.8) is 0 Å². The number of carbonyl (C=O) groups is 1. The Morgan fingerprint density at radius 2 is 2.36 bits per heavy atom. The Bertz CT molecular complexity index is 213. The van der Waals surface area contributed by atoms with Crippen molar-refractivity contribution < 1.29 is 21.1 Å². The molecule has 1 heterocycles. The van der Waals surface area contributed by atoms with Crippen LogP contribution in [0.5, 0.6) is 0 Å². The van der Waals surface area contributed by atoms with Crippen LogP contribution in [0.4, 0.5) is 0 Å². The summed E-state index contributed by atoms with van der Waals surface area (Å²) in [6.45, 7) is 1.61. The Balaban J connectivity index is -0.0000000500. The minimum atomic E-state index is -0.0553. The van der Waals surface area contributed by atoms with Gasteiger partial charge in [-0.05, 0) is 18.4 Å². The van der Waals surface area contributed by atoms with E-state index < -0.39 is 0 Å². The molecule has 0 unspecified atom stereocenters. The molecule has 5 heteroatoms. The molecule has 0 bridgehead atoms. The highest BCUT2D eigenvalue weighted by molar-refractivity contribution is 5.78. The molecule has 0 atom stereocenters. The van der Waals surface area contributed by atoms with Gasteiger partial charge in [0.05, 0.1) is 0 Å². The summed E-state index contributed by atoms with van der Waals surface area (Å²) in [5.74, 6) is -0.0553. The van der Waals surface area contributed by atoms with Gasteiger partial charge in [-0.2, -0.15) is 0 Å². The number of carbonyl (C=O) groups excluding carboxylic acids is 1. The second-order valence-electron chi connectivity index (χ2n) is 2.48. The molecular weight excluding hydrogens is 144 g/mol. The Morgan fingerprint density at radius 1 is 1.73 bits per heavy atom. The predicted molar refractivity (Wildman–Crippen MR) is 52.5 cm³/mol. The number of azide groups is 1. The summed E-state index contributed by atoms with van der Waals surface area (Å²) in [5, 5.41) is 3.21. The molecule has 0 aromatic heterocycles. The SMILES string of the molecule is [2HH].[2H][2H].[2H][2H].[2H][2H].[2H][2H].[2H][2H].[N-]=[N+]=NCC(=O)N1CCCC1. The van der Waals surface area contributed by atoms with E-state index in [9.17, 15) is 4.79 Å². The van der Waals surface area contributed by atoms with Gasteiger partial charge in [0, 0.05) is 34.3 Å². The van der Waals surface area contributed by atoms with E-state index in [4.69, 9.17) is 20.4 Å². The van der Waals surface area contributed by atoms with E-state index in [0.717, 1.165) is 25.9 Å². The molecule has 0 spiro atoms. The first-order chi connectivity index (χ1) is 10.3. The molecule has 11 heavy (non-hydrogen) atoms. The lowest BCUT2D eigenvalue weighted by molar-refractivity contribution is -0.128. The standard InChI is InChI=1S/C6H10N4O.6H2/c7-9-8-5-6(11)10-3-1-2-4-10;;;;;;/h1-5H2;6*1H/i;5*1+1D;1+1. The molecule has 0 aromatic carbocycles. The molecule has 1 saturated heterocycles. The highest BCUT2D eigenvalue weighted by Gasteiger charge is 2.16. The molecule has 0 radical (unpaired) electrons. The van der Waals surface area contributed by atoms with Crippen LogP contribution in [-0.4, -0.2) is 30.4 Å². The second-order valence-corrected chi connectivity index (χ2v) is 2.48. The van der Waals surface area contributed by atoms with Crippen LogP contribution in [0.3, 0.4) is 0 Å². The van der Waals surface area contributed by atoms with Gasteiger partial charge in [-0.25, -0.2) is 0 Å². The van der Waals surface area contributed by atoms with Gasteiger partial charge in [-0.3, -0.25) is 4.79 Å². The largest absolute Gasteiger partial charge is 0.343 e. The van der Waals surface area contributed by atoms with Gasteiger partial charge in [0.15, 0.2) is 0 Å². The third-order valence-corrected chi connectivity index (χ3v) is 1.73. The summed E-state index contributed by atoms with van der Waals surface area (Å²) in [7, 11) is 0. The molecule has 0 aliphatic carbocycles. The zero-order valence-electron chi connectivity index (χ0n) is 16.2. The molecule has 1 fully saturated rings. The Kier molecular flexibility index (Phi) is 1.20. The van der Waals surface area contributed by atoms with E-state index in [-0.39, 0.29) is 13.9 Å². The van der Waals surface area contributed by atoms with Crippen molar-refractivity contribution in [2.45, 2.75) is 12.8 Å². The Labute approximate surface area is 81.5 Å². The van der Waals surface area contributed by atoms with Crippen molar-refractivity contribution in [2.75, 3.05) is 19.6 Å². The van der Waals surface area contributed by atoms with Crippen LogP contribution in [0.25, 0.3) is 10.4 Å². The average Bonchev–Trinajstić information content (AvgIpc) is 3.16. The molecule has 0 N–H and O–H groups in total. The summed E-state index contributed by atoms with van der Waals surface area (Å²) >= 11 is 0. The predicted octanol–water partition coefficient (Wildman–Crippen LogP) is 2.40. The number of rotatable bonds is 2. The van der Waals surface area contributed by atoms with Crippen LogP contribution in [0, 0.1) is 0 Å². The lowest BCUT2D eigenvalue weighted by Gasteiger charge is -2.12. The van der Waals surface area contributed by atoms with Crippen molar-refractivity contribution in [1.29, 1.82) is 0 Å². The molecule has 1 rings (SSSR count). The molecule has 0 saturated carbocycles. The summed E-state index contributed by atoms with van der Waals surface area (Å²) in [6, 6.07) is 0. The zero-order chi connectivity index (χ0) is 18.1. The number of nitrogens with zero attached hydrogens (tertiary/aromatic N) is 4. The molecular formula is C6H22N4O. The normalized spacial score (nSPS) is 19.8. The second kappa shape index (κ2) is 3.83. The van der Waals surface area contributed by atoms with Crippen molar-refractivity contribution in [2.24, 2.45) is 5.11 Å². The van der Waals surface area contributed by atoms with E-state index >= 15 is 0 Å². The summed E-state index contributed by atoms with van der Waals surface area (Å²) in [6.07, 6.45) is 2.14. The Morgan fingerprint density at radius 3 is 2.91 bits per heavy atom. The van der Waals surface area contributed by atoms with Crippen LogP contribution in [0.1, 0.15) is 29.1 Å². The lowest BCUT2D eigenvalue weighted by Crippen LogP contribution is -2.29. The maximum atomic E-state index is 11.1. The number of amides is 1. The third-order valence-electron chi connectivity index (χ3n) is 1.73. The molecule has 1 aliphatic heterocycles. The van der Waals surface area contributed by atoms with Crippen molar-refractivity contribution in [3.05, 3.63) is 10.4 Å². The highest BCUT2D eigenvalue weighted by Crippen LogP contribution is 2.06. The summed E-state index contributed by atoms with van der Waals surface area (Å²) in [4.78, 5) is 15.3. The monoisotopic (exact) mass is 177 g/mol. The fraction of sp³-hybridized carbons (Fsp3) is 0.833. The quantitative estimate of drug-likeness (QED) is 0.363. The fourth-order valence-corrected chi connectivity index (χ4v) is 1.16.